The number of hydrogen-bond acceptors (Lipinski definition) is 4. The standard InChI is InChI=1S/C21H21ClN2OS/c1-14(2)19-12-20(25-18-9-5-8-17(22)11-18)24-21(23-19)26-13-16-7-4-6-15(3)10-16/h4-12,14H,13H2,1-3H3. The summed E-state index contributed by atoms with van der Waals surface area (Å²) in [6, 6.07) is 17.7. The van der Waals surface area contributed by atoms with Crippen LogP contribution in [0.5, 0.6) is 11.6 Å². The Morgan fingerprint density at radius 3 is 2.58 bits per heavy atom. The lowest BCUT2D eigenvalue weighted by Crippen LogP contribution is -2.00. The molecule has 0 unspecified atom stereocenters. The Kier molecular flexibility index (Phi) is 6.17. The molecule has 1 aromatic heterocycles. The van der Waals surface area contributed by atoms with Crippen LogP contribution in [-0.2, 0) is 5.75 Å². The van der Waals surface area contributed by atoms with E-state index in [0.29, 0.717) is 16.7 Å². The van der Waals surface area contributed by atoms with Crippen LogP contribution in [0.2, 0.25) is 5.02 Å². The molecular formula is C21H21ClN2OS. The molecular weight excluding hydrogens is 364 g/mol. The van der Waals surface area contributed by atoms with Crippen LogP contribution in [-0.4, -0.2) is 9.97 Å². The summed E-state index contributed by atoms with van der Waals surface area (Å²) in [5, 5.41) is 1.35. The van der Waals surface area contributed by atoms with E-state index in [2.05, 4.69) is 55.0 Å². The molecule has 0 atom stereocenters. The number of halogens is 1. The van der Waals surface area contributed by atoms with Crippen molar-refractivity contribution in [2.75, 3.05) is 0 Å². The van der Waals surface area contributed by atoms with Crippen molar-refractivity contribution in [3.05, 3.63) is 76.4 Å². The van der Waals surface area contributed by atoms with Gasteiger partial charge in [-0.25, -0.2) is 4.98 Å². The zero-order valence-corrected chi connectivity index (χ0v) is 16.6. The summed E-state index contributed by atoms with van der Waals surface area (Å²) in [4.78, 5) is 9.24. The fourth-order valence-corrected chi connectivity index (χ4v) is 3.41. The van der Waals surface area contributed by atoms with Crippen molar-refractivity contribution < 1.29 is 4.74 Å². The minimum absolute atomic E-state index is 0.290. The third-order valence-corrected chi connectivity index (χ3v) is 4.92. The number of aryl methyl sites for hydroxylation is 1. The van der Waals surface area contributed by atoms with Crippen LogP contribution in [0, 0.1) is 6.92 Å². The van der Waals surface area contributed by atoms with Crippen molar-refractivity contribution in [3.63, 3.8) is 0 Å². The molecule has 0 saturated heterocycles. The van der Waals surface area contributed by atoms with Gasteiger partial charge in [0, 0.05) is 16.8 Å². The summed E-state index contributed by atoms with van der Waals surface area (Å²) in [5.74, 6) is 2.32. The Balaban J connectivity index is 1.81. The number of aromatic nitrogens is 2. The van der Waals surface area contributed by atoms with E-state index in [4.69, 9.17) is 16.3 Å². The van der Waals surface area contributed by atoms with Gasteiger partial charge in [-0.15, -0.1) is 0 Å². The van der Waals surface area contributed by atoms with Gasteiger partial charge in [-0.1, -0.05) is 73.1 Å². The molecule has 2 aromatic carbocycles. The second-order valence-electron chi connectivity index (χ2n) is 6.41. The molecule has 0 aliphatic carbocycles. The van der Waals surface area contributed by atoms with Crippen molar-refractivity contribution in [2.45, 2.75) is 37.6 Å². The molecule has 0 N–H and O–H groups in total. The lowest BCUT2D eigenvalue weighted by atomic mass is 10.1. The average molecular weight is 385 g/mol. The fraction of sp³-hybridized carbons (Fsp3) is 0.238. The highest BCUT2D eigenvalue weighted by Crippen LogP contribution is 2.28. The van der Waals surface area contributed by atoms with E-state index in [-0.39, 0.29) is 5.92 Å². The first kappa shape index (κ1) is 18.7. The number of benzene rings is 2. The molecule has 134 valence electrons. The summed E-state index contributed by atoms with van der Waals surface area (Å²) in [7, 11) is 0. The maximum atomic E-state index is 6.04. The van der Waals surface area contributed by atoms with Crippen molar-refractivity contribution in [2.24, 2.45) is 0 Å². The molecule has 0 bridgehead atoms. The number of rotatable bonds is 6. The fourth-order valence-electron chi connectivity index (χ4n) is 2.43. The summed E-state index contributed by atoms with van der Waals surface area (Å²) >= 11 is 7.65. The molecule has 26 heavy (non-hydrogen) atoms. The summed E-state index contributed by atoms with van der Waals surface area (Å²) in [5.41, 5.74) is 3.47. The molecule has 0 spiro atoms. The Morgan fingerprint density at radius 2 is 1.85 bits per heavy atom. The SMILES string of the molecule is Cc1cccc(CSc2nc(Oc3cccc(Cl)c3)cc(C(C)C)n2)c1. The highest BCUT2D eigenvalue weighted by Gasteiger charge is 2.11. The molecule has 0 aliphatic rings. The first-order valence-electron chi connectivity index (χ1n) is 8.50. The van der Waals surface area contributed by atoms with E-state index in [1.165, 1.54) is 11.1 Å². The van der Waals surface area contributed by atoms with Gasteiger partial charge in [0.05, 0.1) is 5.69 Å². The second-order valence-corrected chi connectivity index (χ2v) is 7.78. The van der Waals surface area contributed by atoms with Gasteiger partial charge in [-0.05, 0) is 36.6 Å². The van der Waals surface area contributed by atoms with Crippen LogP contribution < -0.4 is 4.74 Å². The molecule has 0 fully saturated rings. The highest BCUT2D eigenvalue weighted by molar-refractivity contribution is 7.98. The predicted molar refractivity (Wildman–Crippen MR) is 108 cm³/mol. The van der Waals surface area contributed by atoms with E-state index in [9.17, 15) is 0 Å². The number of hydrogen-bond donors (Lipinski definition) is 0. The predicted octanol–water partition coefficient (Wildman–Crippen LogP) is 6.65. The molecule has 1 heterocycles. The number of nitrogens with zero attached hydrogens (tertiary/aromatic N) is 2. The normalized spacial score (nSPS) is 11.0. The quantitative estimate of drug-likeness (QED) is 0.352. The van der Waals surface area contributed by atoms with Crippen molar-refractivity contribution in [1.29, 1.82) is 0 Å². The summed E-state index contributed by atoms with van der Waals surface area (Å²) in [6.45, 7) is 6.32. The van der Waals surface area contributed by atoms with Crippen LogP contribution in [0.3, 0.4) is 0 Å². The van der Waals surface area contributed by atoms with Gasteiger partial charge in [0.25, 0.3) is 0 Å². The Bertz CT molecular complexity index is 899. The average Bonchev–Trinajstić information content (AvgIpc) is 2.60. The van der Waals surface area contributed by atoms with Crippen LogP contribution in [0.25, 0.3) is 0 Å². The van der Waals surface area contributed by atoms with Crippen molar-refractivity contribution in [1.82, 2.24) is 9.97 Å². The van der Waals surface area contributed by atoms with Gasteiger partial charge in [-0.3, -0.25) is 0 Å². The molecule has 3 nitrogen and oxygen atoms in total. The molecule has 0 saturated carbocycles. The summed E-state index contributed by atoms with van der Waals surface area (Å²) < 4.78 is 5.91. The smallest absolute Gasteiger partial charge is 0.223 e. The largest absolute Gasteiger partial charge is 0.439 e. The molecule has 3 rings (SSSR count). The minimum Gasteiger partial charge on any atom is -0.439 e. The lowest BCUT2D eigenvalue weighted by molar-refractivity contribution is 0.453. The van der Waals surface area contributed by atoms with Crippen LogP contribution in [0.15, 0.2) is 59.8 Å². The van der Waals surface area contributed by atoms with Crippen LogP contribution in [0.4, 0.5) is 0 Å². The molecule has 5 heteroatoms. The van der Waals surface area contributed by atoms with Gasteiger partial charge in [0.2, 0.25) is 5.88 Å². The molecule has 0 radical (unpaired) electrons. The first-order valence-corrected chi connectivity index (χ1v) is 9.87. The molecule has 3 aromatic rings. The third-order valence-electron chi connectivity index (χ3n) is 3.76. The lowest BCUT2D eigenvalue weighted by Gasteiger charge is -2.11. The van der Waals surface area contributed by atoms with Gasteiger partial charge < -0.3 is 4.74 Å². The zero-order chi connectivity index (χ0) is 18.5. The second kappa shape index (κ2) is 8.56. The van der Waals surface area contributed by atoms with E-state index >= 15 is 0 Å². The topological polar surface area (TPSA) is 35.0 Å². The maximum absolute atomic E-state index is 6.04. The first-order chi connectivity index (χ1) is 12.5. The number of ether oxygens (including phenoxy) is 1. The Morgan fingerprint density at radius 1 is 1.04 bits per heavy atom. The van der Waals surface area contributed by atoms with Gasteiger partial charge in [0.15, 0.2) is 5.16 Å². The van der Waals surface area contributed by atoms with E-state index in [1.54, 1.807) is 17.8 Å². The Labute approximate surface area is 163 Å². The van der Waals surface area contributed by atoms with Gasteiger partial charge >= 0.3 is 0 Å². The number of thioether (sulfide) groups is 1. The molecule has 0 amide bonds. The van der Waals surface area contributed by atoms with Crippen molar-refractivity contribution >= 4 is 23.4 Å². The highest BCUT2D eigenvalue weighted by atomic mass is 35.5. The van der Waals surface area contributed by atoms with Gasteiger partial charge in [-0.2, -0.15) is 4.98 Å². The zero-order valence-electron chi connectivity index (χ0n) is 15.1. The molecule has 0 aliphatic heterocycles. The van der Waals surface area contributed by atoms with E-state index in [1.807, 2.05) is 24.3 Å². The minimum atomic E-state index is 0.290. The monoisotopic (exact) mass is 384 g/mol. The third kappa shape index (κ3) is 5.23. The van der Waals surface area contributed by atoms with Crippen LogP contribution in [0.1, 0.15) is 36.6 Å². The van der Waals surface area contributed by atoms with E-state index < -0.39 is 0 Å². The Hall–Kier alpha value is -2.04. The van der Waals surface area contributed by atoms with Crippen LogP contribution >= 0.6 is 23.4 Å². The van der Waals surface area contributed by atoms with Crippen molar-refractivity contribution in [3.8, 4) is 11.6 Å². The van der Waals surface area contributed by atoms with Gasteiger partial charge in [0.1, 0.15) is 5.75 Å². The summed E-state index contributed by atoms with van der Waals surface area (Å²) in [6.07, 6.45) is 0. The maximum Gasteiger partial charge on any atom is 0.223 e. The van der Waals surface area contributed by atoms with E-state index in [0.717, 1.165) is 16.6 Å².